The molecule has 1 saturated heterocycles. The van der Waals surface area contributed by atoms with Crippen molar-refractivity contribution in [3.8, 4) is 0 Å². The average Bonchev–Trinajstić information content (AvgIpc) is 2.66. The lowest BCUT2D eigenvalue weighted by Gasteiger charge is -2.16. The minimum Gasteiger partial charge on any atom is -0.481 e. The highest BCUT2D eigenvalue weighted by Gasteiger charge is 2.28. The average molecular weight is 207 g/mol. The van der Waals surface area contributed by atoms with Crippen LogP contribution in [0.1, 0.15) is 12.1 Å². The van der Waals surface area contributed by atoms with Gasteiger partial charge >= 0.3 is 5.97 Å². The normalized spacial score (nSPS) is 20.6. The van der Waals surface area contributed by atoms with Crippen molar-refractivity contribution in [1.29, 1.82) is 0 Å². The molecule has 2 heterocycles. The second-order valence-corrected chi connectivity index (χ2v) is 3.79. The molecule has 5 nitrogen and oxygen atoms in total. The number of rotatable bonds is 2. The molecule has 15 heavy (non-hydrogen) atoms. The van der Waals surface area contributed by atoms with Crippen molar-refractivity contribution < 1.29 is 9.90 Å². The largest absolute Gasteiger partial charge is 0.481 e. The zero-order chi connectivity index (χ0) is 10.8. The SMILES string of the molecule is Cc1cc(N2CCC(C(=O)O)C2)ncn1. The maximum Gasteiger partial charge on any atom is 0.308 e. The Morgan fingerprint density at radius 3 is 3.00 bits per heavy atom. The molecule has 1 N–H and O–H groups in total. The van der Waals surface area contributed by atoms with Crippen molar-refractivity contribution in [2.75, 3.05) is 18.0 Å². The zero-order valence-electron chi connectivity index (χ0n) is 8.55. The van der Waals surface area contributed by atoms with Crippen molar-refractivity contribution in [3.05, 3.63) is 18.1 Å². The van der Waals surface area contributed by atoms with Gasteiger partial charge in [0.25, 0.3) is 0 Å². The predicted octanol–water partition coefficient (Wildman–Crippen LogP) is 0.696. The van der Waals surface area contributed by atoms with E-state index < -0.39 is 5.97 Å². The molecule has 1 unspecified atom stereocenters. The fraction of sp³-hybridized carbons (Fsp3) is 0.500. The van der Waals surface area contributed by atoms with Crippen molar-refractivity contribution in [3.63, 3.8) is 0 Å². The Balaban J connectivity index is 2.11. The summed E-state index contributed by atoms with van der Waals surface area (Å²) in [6.07, 6.45) is 2.21. The number of aryl methyl sites for hydroxylation is 1. The molecule has 0 aromatic carbocycles. The molecule has 1 aliphatic heterocycles. The minimum atomic E-state index is -0.719. The van der Waals surface area contributed by atoms with Gasteiger partial charge in [0.1, 0.15) is 12.1 Å². The van der Waals surface area contributed by atoms with E-state index in [4.69, 9.17) is 5.11 Å². The van der Waals surface area contributed by atoms with Gasteiger partial charge in [-0.15, -0.1) is 0 Å². The number of aromatic nitrogens is 2. The van der Waals surface area contributed by atoms with Crippen LogP contribution >= 0.6 is 0 Å². The standard InChI is InChI=1S/C10H13N3O2/c1-7-4-9(12-6-11-7)13-3-2-8(5-13)10(14)15/h4,6,8H,2-3,5H2,1H3,(H,14,15). The monoisotopic (exact) mass is 207 g/mol. The Kier molecular flexibility index (Phi) is 2.53. The van der Waals surface area contributed by atoms with Crippen LogP contribution in [0.5, 0.6) is 0 Å². The van der Waals surface area contributed by atoms with E-state index in [0.717, 1.165) is 18.1 Å². The van der Waals surface area contributed by atoms with Gasteiger partial charge in [-0.1, -0.05) is 0 Å². The molecule has 1 aromatic rings. The van der Waals surface area contributed by atoms with Gasteiger partial charge in [-0.05, 0) is 13.3 Å². The summed E-state index contributed by atoms with van der Waals surface area (Å²) in [5, 5.41) is 8.87. The second-order valence-electron chi connectivity index (χ2n) is 3.79. The van der Waals surface area contributed by atoms with Gasteiger partial charge in [-0.2, -0.15) is 0 Å². The van der Waals surface area contributed by atoms with E-state index >= 15 is 0 Å². The molecule has 0 bridgehead atoms. The molecule has 1 fully saturated rings. The number of nitrogens with zero attached hydrogens (tertiary/aromatic N) is 3. The van der Waals surface area contributed by atoms with Gasteiger partial charge < -0.3 is 10.0 Å². The molecule has 5 heteroatoms. The number of aliphatic carboxylic acids is 1. The summed E-state index contributed by atoms with van der Waals surface area (Å²) in [5.41, 5.74) is 0.902. The number of carboxylic acids is 1. The van der Waals surface area contributed by atoms with Gasteiger partial charge in [-0.25, -0.2) is 9.97 Å². The van der Waals surface area contributed by atoms with E-state index in [1.54, 1.807) is 0 Å². The van der Waals surface area contributed by atoms with Crippen LogP contribution in [-0.2, 0) is 4.79 Å². The predicted molar refractivity (Wildman–Crippen MR) is 54.7 cm³/mol. The summed E-state index contributed by atoms with van der Waals surface area (Å²) >= 11 is 0. The summed E-state index contributed by atoms with van der Waals surface area (Å²) in [6, 6.07) is 1.88. The van der Waals surface area contributed by atoms with E-state index in [0.29, 0.717) is 13.0 Å². The number of hydrogen-bond acceptors (Lipinski definition) is 4. The van der Waals surface area contributed by atoms with Crippen LogP contribution in [0.15, 0.2) is 12.4 Å². The Morgan fingerprint density at radius 2 is 2.40 bits per heavy atom. The Hall–Kier alpha value is -1.65. The lowest BCUT2D eigenvalue weighted by atomic mass is 10.1. The van der Waals surface area contributed by atoms with Crippen molar-refractivity contribution in [2.45, 2.75) is 13.3 Å². The fourth-order valence-electron chi connectivity index (χ4n) is 1.78. The van der Waals surface area contributed by atoms with E-state index in [-0.39, 0.29) is 5.92 Å². The third kappa shape index (κ3) is 2.06. The third-order valence-electron chi connectivity index (χ3n) is 2.65. The van der Waals surface area contributed by atoms with Gasteiger partial charge in [-0.3, -0.25) is 4.79 Å². The van der Waals surface area contributed by atoms with E-state index in [1.165, 1.54) is 6.33 Å². The molecule has 0 amide bonds. The number of hydrogen-bond donors (Lipinski definition) is 1. The molecular weight excluding hydrogens is 194 g/mol. The topological polar surface area (TPSA) is 66.3 Å². The summed E-state index contributed by atoms with van der Waals surface area (Å²) in [6.45, 7) is 3.20. The molecule has 0 radical (unpaired) electrons. The Bertz CT molecular complexity index is 381. The summed E-state index contributed by atoms with van der Waals surface area (Å²) in [7, 11) is 0. The minimum absolute atomic E-state index is 0.264. The highest BCUT2D eigenvalue weighted by molar-refractivity contribution is 5.71. The molecule has 0 spiro atoms. The Labute approximate surface area is 87.8 Å². The van der Waals surface area contributed by atoms with Crippen LogP contribution in [0.25, 0.3) is 0 Å². The van der Waals surface area contributed by atoms with Crippen molar-refractivity contribution in [1.82, 2.24) is 9.97 Å². The molecule has 2 rings (SSSR count). The first-order valence-electron chi connectivity index (χ1n) is 4.93. The van der Waals surface area contributed by atoms with Gasteiger partial charge in [0.15, 0.2) is 0 Å². The van der Waals surface area contributed by atoms with Gasteiger partial charge in [0.05, 0.1) is 5.92 Å². The first kappa shape index (κ1) is 9.89. The van der Waals surface area contributed by atoms with Crippen LogP contribution in [-0.4, -0.2) is 34.1 Å². The number of anilines is 1. The zero-order valence-corrected chi connectivity index (χ0v) is 8.55. The molecule has 1 atom stereocenters. The molecule has 0 aliphatic carbocycles. The molecular formula is C10H13N3O2. The molecule has 1 aromatic heterocycles. The summed E-state index contributed by atoms with van der Waals surface area (Å²) in [4.78, 5) is 20.9. The van der Waals surface area contributed by atoms with Gasteiger partial charge in [0.2, 0.25) is 0 Å². The highest BCUT2D eigenvalue weighted by atomic mass is 16.4. The lowest BCUT2D eigenvalue weighted by molar-refractivity contribution is -0.140. The second kappa shape index (κ2) is 3.84. The maximum atomic E-state index is 10.8. The third-order valence-corrected chi connectivity index (χ3v) is 2.65. The fourth-order valence-corrected chi connectivity index (χ4v) is 1.78. The maximum absolute atomic E-state index is 10.8. The van der Waals surface area contributed by atoms with Crippen LogP contribution in [0.2, 0.25) is 0 Å². The van der Waals surface area contributed by atoms with Crippen molar-refractivity contribution >= 4 is 11.8 Å². The summed E-state index contributed by atoms with van der Waals surface area (Å²) < 4.78 is 0. The van der Waals surface area contributed by atoms with Crippen molar-refractivity contribution in [2.24, 2.45) is 5.92 Å². The number of carbonyl (C=O) groups is 1. The first-order valence-corrected chi connectivity index (χ1v) is 4.93. The van der Waals surface area contributed by atoms with Crippen LogP contribution < -0.4 is 4.90 Å². The first-order chi connectivity index (χ1) is 7.16. The van der Waals surface area contributed by atoms with Gasteiger partial charge in [0, 0.05) is 24.8 Å². The molecule has 80 valence electrons. The van der Waals surface area contributed by atoms with E-state index in [1.807, 2.05) is 17.9 Å². The van der Waals surface area contributed by atoms with E-state index in [9.17, 15) is 4.79 Å². The van der Waals surface area contributed by atoms with Crippen LogP contribution in [0.4, 0.5) is 5.82 Å². The van der Waals surface area contributed by atoms with Crippen LogP contribution in [0, 0.1) is 12.8 Å². The smallest absolute Gasteiger partial charge is 0.308 e. The molecule has 1 aliphatic rings. The highest BCUT2D eigenvalue weighted by Crippen LogP contribution is 2.21. The summed E-state index contributed by atoms with van der Waals surface area (Å²) in [5.74, 6) is -0.158. The molecule has 0 saturated carbocycles. The Morgan fingerprint density at radius 1 is 1.60 bits per heavy atom. The van der Waals surface area contributed by atoms with E-state index in [2.05, 4.69) is 9.97 Å². The quantitative estimate of drug-likeness (QED) is 0.773. The lowest BCUT2D eigenvalue weighted by Crippen LogP contribution is -2.23. The number of carboxylic acid groups (broad SMARTS) is 1. The van der Waals surface area contributed by atoms with Crippen LogP contribution in [0.3, 0.4) is 0 Å².